The zero-order chi connectivity index (χ0) is 24.1. The second-order valence-corrected chi connectivity index (χ2v) is 6.80. The standard InChI is InChI=1S/C20H28N6O6/c21-10-2-1-3-14(19(31)32)26-18(30)15(11-17(28)29)25-16(27)9-6-12-4-7-13(8-5-12)24-20(22)23/h4-9,14-15H,1-3,10-11,21H2,(H,25,27)(H,26,30)(H,28,29)(H,31,32)(H4,22,23,24)/t14-,15-/m0/s1. The lowest BCUT2D eigenvalue weighted by atomic mass is 10.1. The molecule has 10 N–H and O–H groups in total. The molecule has 174 valence electrons. The summed E-state index contributed by atoms with van der Waals surface area (Å²) in [5.74, 6) is -4.33. The van der Waals surface area contributed by atoms with Crippen LogP contribution in [0.15, 0.2) is 35.3 Å². The maximum Gasteiger partial charge on any atom is 0.326 e. The minimum atomic E-state index is -1.45. The van der Waals surface area contributed by atoms with Gasteiger partial charge in [-0.3, -0.25) is 14.4 Å². The van der Waals surface area contributed by atoms with Crippen LogP contribution in [-0.4, -0.2) is 58.6 Å². The minimum Gasteiger partial charge on any atom is -0.481 e. The summed E-state index contributed by atoms with van der Waals surface area (Å²) in [6.07, 6.45) is 3.02. The number of hydrogen-bond acceptors (Lipinski definition) is 6. The van der Waals surface area contributed by atoms with E-state index >= 15 is 0 Å². The number of hydrogen-bond donors (Lipinski definition) is 7. The number of aliphatic carboxylic acids is 2. The smallest absolute Gasteiger partial charge is 0.326 e. The van der Waals surface area contributed by atoms with Gasteiger partial charge < -0.3 is 38.0 Å². The van der Waals surface area contributed by atoms with E-state index in [4.69, 9.17) is 22.3 Å². The van der Waals surface area contributed by atoms with Gasteiger partial charge in [0.1, 0.15) is 12.1 Å². The maximum absolute atomic E-state index is 12.4. The number of aliphatic imine (C=N–C) groups is 1. The van der Waals surface area contributed by atoms with Gasteiger partial charge in [0.05, 0.1) is 12.1 Å². The lowest BCUT2D eigenvalue weighted by molar-refractivity contribution is -0.143. The molecule has 1 rings (SSSR count). The van der Waals surface area contributed by atoms with Gasteiger partial charge in [-0.25, -0.2) is 9.79 Å². The lowest BCUT2D eigenvalue weighted by Crippen LogP contribution is -2.52. The van der Waals surface area contributed by atoms with Crippen LogP contribution in [-0.2, 0) is 19.2 Å². The lowest BCUT2D eigenvalue weighted by Gasteiger charge is -2.20. The van der Waals surface area contributed by atoms with Gasteiger partial charge in [0, 0.05) is 6.08 Å². The summed E-state index contributed by atoms with van der Waals surface area (Å²) in [7, 11) is 0. The van der Waals surface area contributed by atoms with E-state index in [2.05, 4.69) is 15.6 Å². The van der Waals surface area contributed by atoms with E-state index in [1.807, 2.05) is 0 Å². The molecule has 0 fully saturated rings. The van der Waals surface area contributed by atoms with E-state index < -0.39 is 42.3 Å². The van der Waals surface area contributed by atoms with Crippen LogP contribution in [0.3, 0.4) is 0 Å². The zero-order valence-corrected chi connectivity index (χ0v) is 17.4. The molecule has 0 aliphatic carbocycles. The molecule has 0 radical (unpaired) electrons. The van der Waals surface area contributed by atoms with Gasteiger partial charge in [-0.05, 0) is 49.6 Å². The molecule has 0 saturated carbocycles. The normalized spacial score (nSPS) is 12.5. The molecule has 0 aliphatic heterocycles. The van der Waals surface area contributed by atoms with Crippen LogP contribution in [0.2, 0.25) is 0 Å². The molecule has 0 aliphatic rings. The van der Waals surface area contributed by atoms with Crippen molar-refractivity contribution in [2.75, 3.05) is 6.54 Å². The van der Waals surface area contributed by atoms with Crippen molar-refractivity contribution >= 4 is 41.5 Å². The Balaban J connectivity index is 2.80. The number of carbonyl (C=O) groups is 4. The second-order valence-electron chi connectivity index (χ2n) is 6.80. The van der Waals surface area contributed by atoms with Crippen LogP contribution < -0.4 is 27.8 Å². The van der Waals surface area contributed by atoms with Crippen LogP contribution in [0, 0.1) is 0 Å². The first kappa shape index (κ1) is 26.1. The highest BCUT2D eigenvalue weighted by Gasteiger charge is 2.27. The van der Waals surface area contributed by atoms with Crippen molar-refractivity contribution in [2.45, 2.75) is 37.8 Å². The van der Waals surface area contributed by atoms with Crippen LogP contribution in [0.5, 0.6) is 0 Å². The van der Waals surface area contributed by atoms with Gasteiger partial charge in [-0.2, -0.15) is 0 Å². The monoisotopic (exact) mass is 448 g/mol. The molecule has 0 unspecified atom stereocenters. The van der Waals surface area contributed by atoms with Gasteiger partial charge in [0.2, 0.25) is 11.8 Å². The highest BCUT2D eigenvalue weighted by Crippen LogP contribution is 2.13. The molecule has 12 nitrogen and oxygen atoms in total. The van der Waals surface area contributed by atoms with E-state index in [1.165, 1.54) is 6.08 Å². The molecule has 0 spiro atoms. The van der Waals surface area contributed by atoms with E-state index in [1.54, 1.807) is 24.3 Å². The fourth-order valence-corrected chi connectivity index (χ4v) is 2.61. The zero-order valence-electron chi connectivity index (χ0n) is 17.4. The minimum absolute atomic E-state index is 0.0973. The van der Waals surface area contributed by atoms with E-state index in [0.717, 1.165) is 6.08 Å². The van der Waals surface area contributed by atoms with Crippen molar-refractivity contribution in [1.82, 2.24) is 10.6 Å². The number of unbranched alkanes of at least 4 members (excludes halogenated alkanes) is 1. The van der Waals surface area contributed by atoms with Crippen molar-refractivity contribution in [3.05, 3.63) is 35.9 Å². The number of amides is 2. The van der Waals surface area contributed by atoms with Crippen LogP contribution in [0.1, 0.15) is 31.2 Å². The van der Waals surface area contributed by atoms with E-state index in [-0.39, 0.29) is 12.4 Å². The van der Waals surface area contributed by atoms with Crippen molar-refractivity contribution < 1.29 is 29.4 Å². The Morgan fingerprint density at radius 2 is 1.66 bits per heavy atom. The molecule has 12 heteroatoms. The molecule has 1 aromatic rings. The molecule has 0 saturated heterocycles. The molecule has 32 heavy (non-hydrogen) atoms. The van der Waals surface area contributed by atoms with Gasteiger partial charge in [0.15, 0.2) is 5.96 Å². The number of nitrogens with zero attached hydrogens (tertiary/aromatic N) is 1. The molecular weight excluding hydrogens is 420 g/mol. The summed E-state index contributed by atoms with van der Waals surface area (Å²) in [5, 5.41) is 22.9. The van der Waals surface area contributed by atoms with Gasteiger partial charge in [-0.15, -0.1) is 0 Å². The Morgan fingerprint density at radius 3 is 2.19 bits per heavy atom. The molecule has 2 atom stereocenters. The summed E-state index contributed by atoms with van der Waals surface area (Å²) < 4.78 is 0. The van der Waals surface area contributed by atoms with Crippen molar-refractivity contribution in [2.24, 2.45) is 22.2 Å². The Kier molecular flexibility index (Phi) is 10.9. The predicted molar refractivity (Wildman–Crippen MR) is 118 cm³/mol. The summed E-state index contributed by atoms with van der Waals surface area (Å²) >= 11 is 0. The Labute approximate surface area is 184 Å². The highest BCUT2D eigenvalue weighted by atomic mass is 16.4. The Morgan fingerprint density at radius 1 is 1.00 bits per heavy atom. The molecule has 2 amide bonds. The maximum atomic E-state index is 12.4. The SMILES string of the molecule is NCCCC[C@H](NC(=O)[C@H](CC(=O)O)NC(=O)C=Cc1ccc(N=C(N)N)cc1)C(=O)O. The van der Waals surface area contributed by atoms with Crippen LogP contribution in [0.25, 0.3) is 6.08 Å². The molecule has 1 aromatic carbocycles. The Hall–Kier alpha value is -3.93. The third kappa shape index (κ3) is 10.2. The number of benzene rings is 1. The van der Waals surface area contributed by atoms with Crippen LogP contribution in [0.4, 0.5) is 5.69 Å². The summed E-state index contributed by atoms with van der Waals surface area (Å²) in [5.41, 5.74) is 17.1. The largest absolute Gasteiger partial charge is 0.481 e. The van der Waals surface area contributed by atoms with Crippen molar-refractivity contribution in [3.8, 4) is 0 Å². The summed E-state index contributed by atoms with van der Waals surface area (Å²) in [6, 6.07) is 3.85. The Bertz CT molecular complexity index is 864. The topological polar surface area (TPSA) is 223 Å². The summed E-state index contributed by atoms with van der Waals surface area (Å²) in [4.78, 5) is 51.0. The van der Waals surface area contributed by atoms with Gasteiger partial charge in [-0.1, -0.05) is 12.1 Å². The molecular formula is C20H28N6O6. The number of nitrogens with one attached hydrogen (secondary N) is 2. The van der Waals surface area contributed by atoms with Crippen molar-refractivity contribution in [3.63, 3.8) is 0 Å². The average Bonchev–Trinajstić information content (AvgIpc) is 2.71. The number of carbonyl (C=O) groups excluding carboxylic acids is 2. The highest BCUT2D eigenvalue weighted by molar-refractivity contribution is 5.97. The quantitative estimate of drug-likeness (QED) is 0.0872. The number of guanidine groups is 1. The predicted octanol–water partition coefficient (Wildman–Crippen LogP) is -0.737. The third-order valence-electron chi connectivity index (χ3n) is 4.15. The first-order valence-corrected chi connectivity index (χ1v) is 9.75. The number of carboxylic acids is 2. The van der Waals surface area contributed by atoms with Crippen LogP contribution >= 0.6 is 0 Å². The number of nitrogens with two attached hydrogens (primary N) is 3. The molecule has 0 bridgehead atoms. The van der Waals surface area contributed by atoms with Gasteiger partial charge in [0.25, 0.3) is 0 Å². The van der Waals surface area contributed by atoms with E-state index in [9.17, 15) is 24.3 Å². The average molecular weight is 448 g/mol. The fraction of sp³-hybridized carbons (Fsp3) is 0.350. The molecule has 0 heterocycles. The van der Waals surface area contributed by atoms with Gasteiger partial charge >= 0.3 is 11.9 Å². The molecule has 0 aromatic heterocycles. The number of carboxylic acid groups (broad SMARTS) is 2. The second kappa shape index (κ2) is 13.4. The first-order valence-electron chi connectivity index (χ1n) is 9.75. The first-order chi connectivity index (χ1) is 15.1. The third-order valence-corrected chi connectivity index (χ3v) is 4.15. The van der Waals surface area contributed by atoms with Crippen molar-refractivity contribution in [1.29, 1.82) is 0 Å². The van der Waals surface area contributed by atoms with E-state index in [0.29, 0.717) is 30.6 Å². The number of rotatable bonds is 13. The fourth-order valence-electron chi connectivity index (χ4n) is 2.61. The summed E-state index contributed by atoms with van der Waals surface area (Å²) in [6.45, 7) is 0.376.